The Bertz CT molecular complexity index is 755. The quantitative estimate of drug-likeness (QED) is 0.865. The van der Waals surface area contributed by atoms with Gasteiger partial charge in [0, 0.05) is 30.9 Å². The Hall–Kier alpha value is -2.04. The molecule has 0 aromatic heterocycles. The molecule has 0 radical (unpaired) electrons. The van der Waals surface area contributed by atoms with Crippen LogP contribution in [0.3, 0.4) is 0 Å². The molecule has 1 aliphatic heterocycles. The van der Waals surface area contributed by atoms with E-state index in [4.69, 9.17) is 16.3 Å². The summed E-state index contributed by atoms with van der Waals surface area (Å²) in [5.74, 6) is 0.0531. The maximum atomic E-state index is 13.0. The van der Waals surface area contributed by atoms with Crippen LogP contribution in [0.15, 0.2) is 42.5 Å². The summed E-state index contributed by atoms with van der Waals surface area (Å²) >= 11 is 6.20. The number of hydrogen-bond acceptors (Lipinski definition) is 3. The SMILES string of the molecule is COC1CCN(C(=O)c2ccccc2Nc2cccc(Cl)c2C)CC1. The molecule has 0 spiro atoms. The van der Waals surface area contributed by atoms with E-state index in [1.165, 1.54) is 0 Å². The number of hydrogen-bond donors (Lipinski definition) is 1. The molecular formula is C20H23ClN2O2. The predicted octanol–water partition coefficient (Wildman–Crippen LogP) is 4.64. The lowest BCUT2D eigenvalue weighted by atomic mass is 10.1. The van der Waals surface area contributed by atoms with E-state index in [9.17, 15) is 4.79 Å². The fourth-order valence-corrected chi connectivity index (χ4v) is 3.31. The van der Waals surface area contributed by atoms with E-state index in [1.54, 1.807) is 7.11 Å². The number of anilines is 2. The highest BCUT2D eigenvalue weighted by Crippen LogP contribution is 2.28. The molecule has 1 aliphatic rings. The first-order valence-corrected chi connectivity index (χ1v) is 8.91. The van der Waals surface area contributed by atoms with Gasteiger partial charge in [0.1, 0.15) is 0 Å². The highest BCUT2D eigenvalue weighted by Gasteiger charge is 2.24. The van der Waals surface area contributed by atoms with Gasteiger partial charge in [0.25, 0.3) is 5.91 Å². The molecule has 1 N–H and O–H groups in total. The summed E-state index contributed by atoms with van der Waals surface area (Å²) in [5, 5.41) is 4.07. The predicted molar refractivity (Wildman–Crippen MR) is 102 cm³/mol. The number of ether oxygens (including phenoxy) is 1. The monoisotopic (exact) mass is 358 g/mol. The van der Waals surface area contributed by atoms with E-state index in [0.717, 1.165) is 42.9 Å². The van der Waals surface area contributed by atoms with E-state index in [0.29, 0.717) is 10.6 Å². The van der Waals surface area contributed by atoms with Gasteiger partial charge in [-0.3, -0.25) is 4.79 Å². The van der Waals surface area contributed by atoms with Crippen molar-refractivity contribution in [3.63, 3.8) is 0 Å². The zero-order chi connectivity index (χ0) is 17.8. The number of carbonyl (C=O) groups is 1. The second-order valence-electron chi connectivity index (χ2n) is 6.31. The first-order valence-electron chi connectivity index (χ1n) is 8.53. The first-order chi connectivity index (χ1) is 12.1. The van der Waals surface area contributed by atoms with Crippen LogP contribution in [0.4, 0.5) is 11.4 Å². The molecule has 0 unspecified atom stereocenters. The molecule has 5 heteroatoms. The minimum absolute atomic E-state index is 0.0531. The van der Waals surface area contributed by atoms with Gasteiger partial charge in [-0.2, -0.15) is 0 Å². The van der Waals surface area contributed by atoms with Crippen molar-refractivity contribution < 1.29 is 9.53 Å². The molecule has 1 amide bonds. The number of likely N-dealkylation sites (tertiary alicyclic amines) is 1. The summed E-state index contributed by atoms with van der Waals surface area (Å²) in [4.78, 5) is 14.9. The van der Waals surface area contributed by atoms with Gasteiger partial charge < -0.3 is 15.0 Å². The molecule has 132 valence electrons. The lowest BCUT2D eigenvalue weighted by Crippen LogP contribution is -2.40. The third-order valence-corrected chi connectivity index (χ3v) is 5.17. The van der Waals surface area contributed by atoms with E-state index in [1.807, 2.05) is 54.3 Å². The lowest BCUT2D eigenvalue weighted by Gasteiger charge is -2.31. The molecule has 0 atom stereocenters. The van der Waals surface area contributed by atoms with E-state index in [-0.39, 0.29) is 12.0 Å². The average molecular weight is 359 g/mol. The number of nitrogens with one attached hydrogen (secondary N) is 1. The average Bonchev–Trinajstić information content (AvgIpc) is 2.65. The zero-order valence-corrected chi connectivity index (χ0v) is 15.3. The van der Waals surface area contributed by atoms with Gasteiger partial charge in [0.2, 0.25) is 0 Å². The number of para-hydroxylation sites is 1. The summed E-state index contributed by atoms with van der Waals surface area (Å²) < 4.78 is 5.39. The maximum absolute atomic E-state index is 13.0. The highest BCUT2D eigenvalue weighted by atomic mass is 35.5. The molecule has 1 fully saturated rings. The Labute approximate surface area is 153 Å². The Morgan fingerprint density at radius 3 is 2.52 bits per heavy atom. The van der Waals surface area contributed by atoms with Crippen molar-refractivity contribution >= 4 is 28.9 Å². The van der Waals surface area contributed by atoms with Crippen molar-refractivity contribution in [3.8, 4) is 0 Å². The smallest absolute Gasteiger partial charge is 0.255 e. The minimum atomic E-state index is 0.0531. The van der Waals surface area contributed by atoms with E-state index < -0.39 is 0 Å². The minimum Gasteiger partial charge on any atom is -0.381 e. The van der Waals surface area contributed by atoms with Crippen molar-refractivity contribution in [2.75, 3.05) is 25.5 Å². The Balaban J connectivity index is 1.81. The number of piperidine rings is 1. The summed E-state index contributed by atoms with van der Waals surface area (Å²) in [6.45, 7) is 3.41. The van der Waals surface area contributed by atoms with Crippen LogP contribution >= 0.6 is 11.6 Å². The normalized spacial score (nSPS) is 15.2. The Morgan fingerprint density at radius 1 is 1.12 bits per heavy atom. The third-order valence-electron chi connectivity index (χ3n) is 4.76. The molecule has 0 saturated carbocycles. The molecular weight excluding hydrogens is 336 g/mol. The topological polar surface area (TPSA) is 41.6 Å². The van der Waals surface area contributed by atoms with Crippen molar-refractivity contribution in [1.82, 2.24) is 4.90 Å². The molecule has 2 aromatic rings. The number of amides is 1. The fourth-order valence-electron chi connectivity index (χ4n) is 3.13. The van der Waals surface area contributed by atoms with Crippen LogP contribution in [-0.4, -0.2) is 37.1 Å². The van der Waals surface area contributed by atoms with Crippen LogP contribution < -0.4 is 5.32 Å². The second kappa shape index (κ2) is 7.89. The Morgan fingerprint density at radius 2 is 1.80 bits per heavy atom. The molecule has 1 saturated heterocycles. The van der Waals surface area contributed by atoms with Crippen LogP contribution in [0, 0.1) is 6.92 Å². The second-order valence-corrected chi connectivity index (χ2v) is 6.72. The van der Waals surface area contributed by atoms with Gasteiger partial charge in [-0.1, -0.05) is 29.8 Å². The Kier molecular flexibility index (Phi) is 5.61. The molecule has 0 bridgehead atoms. The van der Waals surface area contributed by atoms with Gasteiger partial charge in [-0.25, -0.2) is 0 Å². The molecule has 3 rings (SSSR count). The number of rotatable bonds is 4. The molecule has 2 aromatic carbocycles. The van der Waals surface area contributed by atoms with Crippen LogP contribution in [0.2, 0.25) is 5.02 Å². The number of carbonyl (C=O) groups excluding carboxylic acids is 1. The van der Waals surface area contributed by atoms with Crippen molar-refractivity contribution in [2.45, 2.75) is 25.9 Å². The van der Waals surface area contributed by atoms with Crippen molar-refractivity contribution in [2.24, 2.45) is 0 Å². The summed E-state index contributed by atoms with van der Waals surface area (Å²) in [6, 6.07) is 13.3. The summed E-state index contributed by atoms with van der Waals surface area (Å²) in [6.07, 6.45) is 2.02. The largest absolute Gasteiger partial charge is 0.381 e. The van der Waals surface area contributed by atoms with Gasteiger partial charge in [-0.15, -0.1) is 0 Å². The van der Waals surface area contributed by atoms with Gasteiger partial charge in [-0.05, 0) is 49.6 Å². The van der Waals surface area contributed by atoms with Crippen molar-refractivity contribution in [3.05, 3.63) is 58.6 Å². The number of nitrogens with zero attached hydrogens (tertiary/aromatic N) is 1. The van der Waals surface area contributed by atoms with Gasteiger partial charge >= 0.3 is 0 Å². The summed E-state index contributed by atoms with van der Waals surface area (Å²) in [5.41, 5.74) is 3.35. The molecule has 1 heterocycles. The standard InChI is InChI=1S/C20H23ClN2O2/c1-14-17(21)7-5-9-18(14)22-19-8-4-3-6-16(19)20(24)23-12-10-15(25-2)11-13-23/h3-9,15,22H,10-13H2,1-2H3. The van der Waals surface area contributed by atoms with Gasteiger partial charge in [0.05, 0.1) is 17.4 Å². The zero-order valence-electron chi connectivity index (χ0n) is 14.6. The molecule has 25 heavy (non-hydrogen) atoms. The maximum Gasteiger partial charge on any atom is 0.255 e. The summed E-state index contributed by atoms with van der Waals surface area (Å²) in [7, 11) is 1.73. The van der Waals surface area contributed by atoms with Crippen LogP contribution in [-0.2, 0) is 4.74 Å². The number of benzene rings is 2. The highest BCUT2D eigenvalue weighted by molar-refractivity contribution is 6.31. The van der Waals surface area contributed by atoms with E-state index in [2.05, 4.69) is 5.32 Å². The molecule has 0 aliphatic carbocycles. The lowest BCUT2D eigenvalue weighted by molar-refractivity contribution is 0.0351. The fraction of sp³-hybridized carbons (Fsp3) is 0.350. The van der Waals surface area contributed by atoms with Crippen molar-refractivity contribution in [1.29, 1.82) is 0 Å². The van der Waals surface area contributed by atoms with Gasteiger partial charge in [0.15, 0.2) is 0 Å². The van der Waals surface area contributed by atoms with Crippen LogP contribution in [0.25, 0.3) is 0 Å². The van der Waals surface area contributed by atoms with Crippen LogP contribution in [0.5, 0.6) is 0 Å². The number of methoxy groups -OCH3 is 1. The number of halogens is 1. The van der Waals surface area contributed by atoms with Crippen LogP contribution in [0.1, 0.15) is 28.8 Å². The first kappa shape index (κ1) is 17.8. The van der Waals surface area contributed by atoms with E-state index >= 15 is 0 Å². The third kappa shape index (κ3) is 3.97. The molecule has 4 nitrogen and oxygen atoms in total.